The topological polar surface area (TPSA) is 13.0 Å². The van der Waals surface area contributed by atoms with Crippen molar-refractivity contribution < 1.29 is 0 Å². The highest BCUT2D eigenvalue weighted by atomic mass is 15.2. The van der Waals surface area contributed by atoms with Crippen LogP contribution in [0, 0.1) is 35.5 Å². The lowest BCUT2D eigenvalue weighted by Crippen LogP contribution is -2.31. The average molecular weight is 627 g/mol. The summed E-state index contributed by atoms with van der Waals surface area (Å²) in [5, 5.41) is 0. The van der Waals surface area contributed by atoms with Crippen molar-refractivity contribution in [1.82, 2.24) is 0 Å². The summed E-state index contributed by atoms with van der Waals surface area (Å²) in [6.45, 7) is 34.1. The van der Waals surface area contributed by atoms with E-state index in [4.69, 9.17) is 0 Å². The van der Waals surface area contributed by atoms with Crippen molar-refractivity contribution in [1.29, 1.82) is 0 Å². The SMILES string of the molecule is CC(C)CN(CC(C)C)c1ccc(N(c2ccc(N(CC(C)C)CC(C)C)cc2)c2ccc(N(CC(C)C)CC(C)C)cc2)cc1. The maximum absolute atomic E-state index is 2.54. The van der Waals surface area contributed by atoms with Crippen LogP contribution in [-0.4, -0.2) is 39.3 Å². The molecule has 4 heteroatoms. The first kappa shape index (κ1) is 37.3. The minimum atomic E-state index is 0.615. The fourth-order valence-electron chi connectivity index (χ4n) is 6.39. The van der Waals surface area contributed by atoms with E-state index in [2.05, 4.69) is 175 Å². The van der Waals surface area contributed by atoms with Crippen LogP contribution in [0.5, 0.6) is 0 Å². The van der Waals surface area contributed by atoms with Gasteiger partial charge >= 0.3 is 0 Å². The molecule has 3 aromatic rings. The molecule has 0 unspecified atom stereocenters. The number of anilines is 6. The molecule has 0 aliphatic carbocycles. The van der Waals surface area contributed by atoms with E-state index in [1.165, 1.54) is 34.1 Å². The van der Waals surface area contributed by atoms with Gasteiger partial charge in [-0.1, -0.05) is 83.1 Å². The largest absolute Gasteiger partial charge is 0.371 e. The molecule has 0 saturated carbocycles. The Hall–Kier alpha value is -3.14. The Balaban J connectivity index is 2.05. The molecule has 254 valence electrons. The Labute approximate surface area is 283 Å². The first-order chi connectivity index (χ1) is 21.7. The van der Waals surface area contributed by atoms with E-state index in [0.717, 1.165) is 39.3 Å². The van der Waals surface area contributed by atoms with Crippen LogP contribution < -0.4 is 19.6 Å². The lowest BCUT2D eigenvalue weighted by Gasteiger charge is -2.32. The summed E-state index contributed by atoms with van der Waals surface area (Å²) in [4.78, 5) is 10.0. The molecule has 0 spiro atoms. The zero-order chi connectivity index (χ0) is 34.0. The zero-order valence-corrected chi connectivity index (χ0v) is 31.4. The fourth-order valence-corrected chi connectivity index (χ4v) is 6.39. The molecule has 0 amide bonds. The van der Waals surface area contributed by atoms with Crippen LogP contribution >= 0.6 is 0 Å². The van der Waals surface area contributed by atoms with Crippen molar-refractivity contribution in [3.63, 3.8) is 0 Å². The summed E-state index contributed by atoms with van der Waals surface area (Å²) < 4.78 is 0. The number of hydrogen-bond donors (Lipinski definition) is 0. The highest BCUT2D eigenvalue weighted by molar-refractivity contribution is 5.79. The smallest absolute Gasteiger partial charge is 0.0463 e. The van der Waals surface area contributed by atoms with Crippen LogP contribution in [0.2, 0.25) is 0 Å². The summed E-state index contributed by atoms with van der Waals surface area (Å²) >= 11 is 0. The van der Waals surface area contributed by atoms with Gasteiger partial charge in [-0.15, -0.1) is 0 Å². The minimum Gasteiger partial charge on any atom is -0.371 e. The van der Waals surface area contributed by atoms with E-state index in [-0.39, 0.29) is 0 Å². The first-order valence-electron chi connectivity index (χ1n) is 18.1. The van der Waals surface area contributed by atoms with Gasteiger partial charge in [0.2, 0.25) is 0 Å². The molecule has 4 nitrogen and oxygen atoms in total. The summed E-state index contributed by atoms with van der Waals surface area (Å²) in [7, 11) is 0. The lowest BCUT2D eigenvalue weighted by molar-refractivity contribution is 0.552. The second kappa shape index (κ2) is 17.7. The number of hydrogen-bond acceptors (Lipinski definition) is 4. The van der Waals surface area contributed by atoms with Crippen molar-refractivity contribution in [3.8, 4) is 0 Å². The molecule has 0 saturated heterocycles. The number of nitrogens with zero attached hydrogens (tertiary/aromatic N) is 4. The van der Waals surface area contributed by atoms with E-state index in [0.29, 0.717) is 35.5 Å². The molecule has 0 heterocycles. The minimum absolute atomic E-state index is 0.615. The molecule has 0 aliphatic heterocycles. The van der Waals surface area contributed by atoms with Crippen LogP contribution in [0.15, 0.2) is 72.8 Å². The van der Waals surface area contributed by atoms with Crippen molar-refractivity contribution >= 4 is 34.1 Å². The molecule has 0 N–H and O–H groups in total. The Bertz CT molecular complexity index is 1070. The monoisotopic (exact) mass is 627 g/mol. The Morgan fingerprint density at radius 1 is 0.283 bits per heavy atom. The molecular weight excluding hydrogens is 560 g/mol. The van der Waals surface area contributed by atoms with E-state index < -0.39 is 0 Å². The molecule has 0 aromatic heterocycles. The van der Waals surface area contributed by atoms with Gasteiger partial charge in [0.05, 0.1) is 0 Å². The van der Waals surface area contributed by atoms with Gasteiger partial charge in [-0.2, -0.15) is 0 Å². The average Bonchev–Trinajstić information content (AvgIpc) is 2.96. The molecule has 3 rings (SSSR count). The Kier molecular flexibility index (Phi) is 14.3. The van der Waals surface area contributed by atoms with Gasteiger partial charge in [0, 0.05) is 73.4 Å². The van der Waals surface area contributed by atoms with Crippen molar-refractivity contribution in [2.24, 2.45) is 35.5 Å². The summed E-state index contributed by atoms with van der Waals surface area (Å²) in [6, 6.07) is 27.7. The standard InChI is InChI=1S/C42H66N4/c1-31(2)25-43(26-32(3)4)37-13-19-40(20-14-37)46(41-21-15-38(16-22-41)44(27-33(5)6)28-34(7)8)42-23-17-39(18-24-42)45(29-35(9)10)30-36(11)12/h13-24,31-36H,25-30H2,1-12H3. The second-order valence-corrected chi connectivity index (χ2v) is 16.0. The van der Waals surface area contributed by atoms with Crippen molar-refractivity contribution in [2.45, 2.75) is 83.1 Å². The molecule has 0 atom stereocenters. The number of rotatable bonds is 18. The molecule has 46 heavy (non-hydrogen) atoms. The van der Waals surface area contributed by atoms with Crippen LogP contribution in [0.4, 0.5) is 34.1 Å². The third kappa shape index (κ3) is 11.6. The van der Waals surface area contributed by atoms with E-state index >= 15 is 0 Å². The summed E-state index contributed by atoms with van der Waals surface area (Å²) in [5.41, 5.74) is 7.44. The van der Waals surface area contributed by atoms with Crippen LogP contribution in [-0.2, 0) is 0 Å². The zero-order valence-electron chi connectivity index (χ0n) is 31.4. The normalized spacial score (nSPS) is 11.9. The Morgan fingerprint density at radius 3 is 0.587 bits per heavy atom. The molecule has 0 radical (unpaired) electrons. The molecule has 3 aromatic carbocycles. The summed E-state index contributed by atoms with van der Waals surface area (Å²) in [6.07, 6.45) is 0. The van der Waals surface area contributed by atoms with Gasteiger partial charge in [-0.3, -0.25) is 0 Å². The number of benzene rings is 3. The first-order valence-corrected chi connectivity index (χ1v) is 18.1. The third-order valence-corrected chi connectivity index (χ3v) is 7.93. The molecule has 0 fully saturated rings. The summed E-state index contributed by atoms with van der Waals surface area (Å²) in [5.74, 6) is 3.69. The molecule has 0 bridgehead atoms. The predicted molar refractivity (Wildman–Crippen MR) is 207 cm³/mol. The predicted octanol–water partition coefficient (Wildman–Crippen LogP) is 11.5. The van der Waals surface area contributed by atoms with Gasteiger partial charge in [-0.25, -0.2) is 0 Å². The molecular formula is C42H66N4. The maximum atomic E-state index is 2.54. The van der Waals surface area contributed by atoms with E-state index in [9.17, 15) is 0 Å². The van der Waals surface area contributed by atoms with Gasteiger partial charge in [0.25, 0.3) is 0 Å². The highest BCUT2D eigenvalue weighted by Crippen LogP contribution is 2.37. The van der Waals surface area contributed by atoms with E-state index in [1.54, 1.807) is 0 Å². The van der Waals surface area contributed by atoms with Crippen LogP contribution in [0.25, 0.3) is 0 Å². The third-order valence-electron chi connectivity index (χ3n) is 7.93. The van der Waals surface area contributed by atoms with Crippen molar-refractivity contribution in [2.75, 3.05) is 58.9 Å². The lowest BCUT2D eigenvalue weighted by atomic mass is 10.1. The molecule has 0 aliphatic rings. The highest BCUT2D eigenvalue weighted by Gasteiger charge is 2.18. The van der Waals surface area contributed by atoms with Crippen molar-refractivity contribution in [3.05, 3.63) is 72.8 Å². The van der Waals surface area contributed by atoms with Gasteiger partial charge in [-0.05, 0) is 108 Å². The van der Waals surface area contributed by atoms with Gasteiger partial charge in [0.1, 0.15) is 0 Å². The second-order valence-electron chi connectivity index (χ2n) is 16.0. The van der Waals surface area contributed by atoms with Gasteiger partial charge in [0.15, 0.2) is 0 Å². The maximum Gasteiger partial charge on any atom is 0.0463 e. The van der Waals surface area contributed by atoms with E-state index in [1.807, 2.05) is 0 Å². The quantitative estimate of drug-likeness (QED) is 0.139. The van der Waals surface area contributed by atoms with Gasteiger partial charge < -0.3 is 19.6 Å². The fraction of sp³-hybridized carbons (Fsp3) is 0.571. The van der Waals surface area contributed by atoms with Crippen LogP contribution in [0.3, 0.4) is 0 Å². The Morgan fingerprint density at radius 2 is 0.435 bits per heavy atom. The van der Waals surface area contributed by atoms with Crippen LogP contribution in [0.1, 0.15) is 83.1 Å².